The van der Waals surface area contributed by atoms with Gasteiger partial charge < -0.3 is 5.73 Å². The standard InChI is InChI=1S/C14H18N2S/c1-4-11-7-8-13(17-11)12(16)6-5-9-14(2,3)10-15/h5-9H,4,16H2,1-3H3/b9-5-,12-6-. The van der Waals surface area contributed by atoms with E-state index in [-0.39, 0.29) is 0 Å². The predicted octanol–water partition coefficient (Wildman–Crippen LogP) is 3.72. The summed E-state index contributed by atoms with van der Waals surface area (Å²) in [6.45, 7) is 5.87. The first-order valence-electron chi connectivity index (χ1n) is 5.64. The lowest BCUT2D eigenvalue weighted by Crippen LogP contribution is -2.01. The Morgan fingerprint density at radius 1 is 1.53 bits per heavy atom. The fourth-order valence-corrected chi connectivity index (χ4v) is 2.12. The van der Waals surface area contributed by atoms with Gasteiger partial charge in [-0.25, -0.2) is 0 Å². The van der Waals surface area contributed by atoms with Crippen molar-refractivity contribution in [2.45, 2.75) is 27.2 Å². The molecular formula is C14H18N2S. The molecule has 0 amide bonds. The second kappa shape index (κ2) is 5.70. The van der Waals surface area contributed by atoms with Crippen molar-refractivity contribution in [1.82, 2.24) is 0 Å². The molecule has 0 aliphatic rings. The van der Waals surface area contributed by atoms with Gasteiger partial charge in [-0.05, 0) is 38.5 Å². The lowest BCUT2D eigenvalue weighted by Gasteiger charge is -2.06. The molecule has 17 heavy (non-hydrogen) atoms. The molecule has 2 N–H and O–H groups in total. The van der Waals surface area contributed by atoms with Crippen LogP contribution in [0.15, 0.2) is 30.4 Å². The van der Waals surface area contributed by atoms with Crippen LogP contribution >= 0.6 is 11.3 Å². The topological polar surface area (TPSA) is 49.8 Å². The summed E-state index contributed by atoms with van der Waals surface area (Å²) in [7, 11) is 0. The first-order chi connectivity index (χ1) is 7.98. The zero-order valence-corrected chi connectivity index (χ0v) is 11.3. The van der Waals surface area contributed by atoms with Crippen LogP contribution in [0.25, 0.3) is 5.70 Å². The molecule has 2 nitrogen and oxygen atoms in total. The molecule has 90 valence electrons. The average Bonchev–Trinajstić information content (AvgIpc) is 2.77. The molecule has 0 bridgehead atoms. The van der Waals surface area contributed by atoms with Crippen LogP contribution in [0, 0.1) is 16.7 Å². The average molecular weight is 246 g/mol. The Bertz CT molecular complexity index is 473. The van der Waals surface area contributed by atoms with E-state index in [1.54, 1.807) is 11.3 Å². The zero-order valence-electron chi connectivity index (χ0n) is 10.5. The largest absolute Gasteiger partial charge is 0.398 e. The van der Waals surface area contributed by atoms with Crippen LogP contribution in [0.3, 0.4) is 0 Å². The summed E-state index contributed by atoms with van der Waals surface area (Å²) in [4.78, 5) is 2.42. The molecule has 0 aliphatic carbocycles. The Hall–Kier alpha value is -1.53. The van der Waals surface area contributed by atoms with Crippen LogP contribution in [0.4, 0.5) is 0 Å². The third-order valence-electron chi connectivity index (χ3n) is 2.37. The van der Waals surface area contributed by atoms with Gasteiger partial charge in [-0.15, -0.1) is 11.3 Å². The fourth-order valence-electron chi connectivity index (χ4n) is 1.23. The number of nitriles is 1. The highest BCUT2D eigenvalue weighted by atomic mass is 32.1. The van der Waals surface area contributed by atoms with Crippen molar-refractivity contribution in [2.24, 2.45) is 11.1 Å². The number of nitrogens with zero attached hydrogens (tertiary/aromatic N) is 1. The van der Waals surface area contributed by atoms with Crippen molar-refractivity contribution in [3.8, 4) is 6.07 Å². The summed E-state index contributed by atoms with van der Waals surface area (Å²) < 4.78 is 0. The van der Waals surface area contributed by atoms with Gasteiger partial charge in [0.15, 0.2) is 0 Å². The van der Waals surface area contributed by atoms with Crippen LogP contribution in [0.2, 0.25) is 0 Å². The van der Waals surface area contributed by atoms with Crippen molar-refractivity contribution in [2.75, 3.05) is 0 Å². The quantitative estimate of drug-likeness (QED) is 0.823. The number of thiophene rings is 1. The van der Waals surface area contributed by atoms with Gasteiger partial charge in [-0.2, -0.15) is 5.26 Å². The molecule has 3 heteroatoms. The first-order valence-corrected chi connectivity index (χ1v) is 6.45. The predicted molar refractivity (Wildman–Crippen MR) is 74.4 cm³/mol. The van der Waals surface area contributed by atoms with Gasteiger partial charge in [-0.1, -0.05) is 19.1 Å². The molecule has 0 fully saturated rings. The Morgan fingerprint density at radius 2 is 2.24 bits per heavy atom. The molecule has 0 saturated heterocycles. The van der Waals surface area contributed by atoms with Crippen LogP contribution < -0.4 is 5.73 Å². The minimum absolute atomic E-state index is 0.444. The SMILES string of the molecule is CCc1ccc(/C(N)=C/C=C\C(C)(C)C#N)s1. The second-order valence-electron chi connectivity index (χ2n) is 4.43. The highest BCUT2D eigenvalue weighted by Gasteiger charge is 2.10. The molecule has 0 unspecified atom stereocenters. The van der Waals surface area contributed by atoms with E-state index in [0.717, 1.165) is 17.0 Å². The van der Waals surface area contributed by atoms with E-state index in [1.807, 2.05) is 38.1 Å². The molecule has 1 heterocycles. The van der Waals surface area contributed by atoms with E-state index >= 15 is 0 Å². The van der Waals surface area contributed by atoms with Crippen LogP contribution in [0.1, 0.15) is 30.5 Å². The van der Waals surface area contributed by atoms with Crippen molar-refractivity contribution in [3.05, 3.63) is 40.1 Å². The van der Waals surface area contributed by atoms with Crippen molar-refractivity contribution in [1.29, 1.82) is 5.26 Å². The maximum Gasteiger partial charge on any atom is 0.0725 e. The number of allylic oxidation sites excluding steroid dienone is 3. The monoisotopic (exact) mass is 246 g/mol. The molecule has 0 radical (unpaired) electrons. The van der Waals surface area contributed by atoms with Gasteiger partial charge in [0.05, 0.1) is 16.4 Å². The maximum atomic E-state index is 8.86. The fraction of sp³-hybridized carbons (Fsp3) is 0.357. The number of hydrogen-bond acceptors (Lipinski definition) is 3. The van der Waals surface area contributed by atoms with Crippen LogP contribution in [-0.4, -0.2) is 0 Å². The summed E-state index contributed by atoms with van der Waals surface area (Å²) in [5.41, 5.74) is 6.28. The Labute approximate surface area is 107 Å². The molecule has 1 aromatic heterocycles. The zero-order chi connectivity index (χ0) is 12.9. The van der Waals surface area contributed by atoms with Crippen LogP contribution in [0.5, 0.6) is 0 Å². The van der Waals surface area contributed by atoms with Gasteiger partial charge in [0.1, 0.15) is 0 Å². The highest BCUT2D eigenvalue weighted by Crippen LogP contribution is 2.22. The van der Waals surface area contributed by atoms with Crippen molar-refractivity contribution in [3.63, 3.8) is 0 Å². The van der Waals surface area contributed by atoms with E-state index in [0.29, 0.717) is 0 Å². The molecule has 0 spiro atoms. The summed E-state index contributed by atoms with van der Waals surface area (Å²) >= 11 is 1.71. The molecule has 1 aromatic rings. The molecule has 0 saturated carbocycles. The smallest absolute Gasteiger partial charge is 0.0725 e. The Morgan fingerprint density at radius 3 is 2.76 bits per heavy atom. The lowest BCUT2D eigenvalue weighted by atomic mass is 9.95. The normalized spacial score (nSPS) is 12.9. The molecule has 1 rings (SSSR count). The molecule has 0 atom stereocenters. The van der Waals surface area contributed by atoms with Gasteiger partial charge in [0, 0.05) is 10.6 Å². The Kier molecular flexibility index (Phi) is 4.53. The summed E-state index contributed by atoms with van der Waals surface area (Å²) in [6, 6.07) is 6.35. The minimum atomic E-state index is -0.444. The number of nitrogens with two attached hydrogens (primary N) is 1. The number of hydrogen-bond donors (Lipinski definition) is 1. The second-order valence-corrected chi connectivity index (χ2v) is 5.60. The van der Waals surface area contributed by atoms with E-state index in [9.17, 15) is 0 Å². The van der Waals surface area contributed by atoms with Crippen molar-refractivity contribution < 1.29 is 0 Å². The summed E-state index contributed by atoms with van der Waals surface area (Å²) in [6.07, 6.45) is 6.59. The molecule has 0 aliphatic heterocycles. The van der Waals surface area contributed by atoms with Gasteiger partial charge >= 0.3 is 0 Å². The van der Waals surface area contributed by atoms with Crippen LogP contribution in [-0.2, 0) is 6.42 Å². The Balaban J connectivity index is 2.77. The lowest BCUT2D eigenvalue weighted by molar-refractivity contribution is 0.644. The summed E-state index contributed by atoms with van der Waals surface area (Å²) in [5.74, 6) is 0. The van der Waals surface area contributed by atoms with E-state index < -0.39 is 5.41 Å². The van der Waals surface area contributed by atoms with Gasteiger partial charge in [-0.3, -0.25) is 0 Å². The molecule has 0 aromatic carbocycles. The van der Waals surface area contributed by atoms with E-state index in [4.69, 9.17) is 11.0 Å². The number of aryl methyl sites for hydroxylation is 1. The highest BCUT2D eigenvalue weighted by molar-refractivity contribution is 7.13. The van der Waals surface area contributed by atoms with Crippen molar-refractivity contribution >= 4 is 17.0 Å². The summed E-state index contributed by atoms with van der Waals surface area (Å²) in [5, 5.41) is 8.86. The third kappa shape index (κ3) is 4.08. The minimum Gasteiger partial charge on any atom is -0.398 e. The van der Waals surface area contributed by atoms with Gasteiger partial charge in [0.2, 0.25) is 0 Å². The van der Waals surface area contributed by atoms with Gasteiger partial charge in [0.25, 0.3) is 0 Å². The van der Waals surface area contributed by atoms with E-state index in [1.165, 1.54) is 4.88 Å². The molecular weight excluding hydrogens is 228 g/mol. The van der Waals surface area contributed by atoms with E-state index in [2.05, 4.69) is 19.1 Å². The third-order valence-corrected chi connectivity index (χ3v) is 3.65. The first kappa shape index (κ1) is 13.5. The number of rotatable bonds is 4. The maximum absolute atomic E-state index is 8.86.